The second-order valence-corrected chi connectivity index (χ2v) is 11.7. The van der Waals surface area contributed by atoms with Gasteiger partial charge in [0.15, 0.2) is 11.6 Å². The van der Waals surface area contributed by atoms with E-state index in [-0.39, 0.29) is 39.3 Å². The Hall–Kier alpha value is -3.36. The fourth-order valence-corrected chi connectivity index (χ4v) is 2.76. The summed E-state index contributed by atoms with van der Waals surface area (Å²) in [6.07, 6.45) is 4.23. The van der Waals surface area contributed by atoms with E-state index in [0.717, 1.165) is 25.7 Å². The average molecular weight is 559 g/mol. The summed E-state index contributed by atoms with van der Waals surface area (Å²) < 4.78 is 0. The molecule has 0 aliphatic carbocycles. The van der Waals surface area contributed by atoms with Crippen molar-refractivity contribution >= 4 is 23.5 Å². The van der Waals surface area contributed by atoms with Gasteiger partial charge in [0.25, 0.3) is 0 Å². The molecule has 8 heteroatoms. The van der Waals surface area contributed by atoms with Crippen LogP contribution in [0.5, 0.6) is 0 Å². The van der Waals surface area contributed by atoms with E-state index >= 15 is 0 Å². The second kappa shape index (κ2) is 19.7. The van der Waals surface area contributed by atoms with Gasteiger partial charge >= 0.3 is 5.97 Å². The quantitative estimate of drug-likeness (QED) is 0.347. The Morgan fingerprint density at radius 2 is 1.00 bits per heavy atom. The first-order valence-electron chi connectivity index (χ1n) is 13.7. The summed E-state index contributed by atoms with van der Waals surface area (Å²) >= 11 is 0. The van der Waals surface area contributed by atoms with Gasteiger partial charge in [-0.05, 0) is 60.5 Å². The summed E-state index contributed by atoms with van der Waals surface area (Å²) in [5.74, 6) is -2.56. The maximum Gasteiger partial charge on any atom is 0.336 e. The van der Waals surface area contributed by atoms with Crippen LogP contribution in [0.1, 0.15) is 135 Å². The molecule has 40 heavy (non-hydrogen) atoms. The van der Waals surface area contributed by atoms with Crippen LogP contribution in [0, 0.1) is 0 Å². The third kappa shape index (κ3) is 21.6. The van der Waals surface area contributed by atoms with Gasteiger partial charge in [0.05, 0.1) is 17.1 Å². The van der Waals surface area contributed by atoms with Crippen molar-refractivity contribution in [3.8, 4) is 0 Å². The molecule has 0 aromatic heterocycles. The van der Waals surface area contributed by atoms with Crippen molar-refractivity contribution in [1.82, 2.24) is 0 Å². The van der Waals surface area contributed by atoms with E-state index in [1.54, 1.807) is 30.3 Å². The fourth-order valence-electron chi connectivity index (χ4n) is 2.76. The molecule has 8 nitrogen and oxygen atoms in total. The fraction of sp³-hybridized carbons (Fsp3) is 0.500. The van der Waals surface area contributed by atoms with Crippen molar-refractivity contribution in [2.75, 3.05) is 0 Å². The first-order valence-corrected chi connectivity index (χ1v) is 13.7. The zero-order chi connectivity index (χ0) is 31.5. The number of nitrogens with two attached hydrogens (primary N) is 1. The van der Waals surface area contributed by atoms with Crippen LogP contribution in [0.2, 0.25) is 0 Å². The Morgan fingerprint density at radius 1 is 0.725 bits per heavy atom. The van der Waals surface area contributed by atoms with Crippen molar-refractivity contribution in [2.24, 2.45) is 5.73 Å². The number of carboxylic acid groups (broad SMARTS) is 2. The lowest BCUT2D eigenvalue weighted by molar-refractivity contribution is -0.458. The highest BCUT2D eigenvalue weighted by Crippen LogP contribution is 2.13. The average Bonchev–Trinajstić information content (AvgIpc) is 2.84. The minimum Gasteiger partial charge on any atom is -0.545 e. The summed E-state index contributed by atoms with van der Waals surface area (Å²) in [4.78, 5) is 44.9. The van der Waals surface area contributed by atoms with E-state index in [0.29, 0.717) is 18.4 Å². The molecule has 0 unspecified atom stereocenters. The number of hydrogen-bond donors (Lipinski definition) is 3. The minimum absolute atomic E-state index is 0. The highest BCUT2D eigenvalue weighted by atomic mass is 16.4. The molecule has 0 fully saturated rings. The predicted molar refractivity (Wildman–Crippen MR) is 158 cm³/mol. The number of ketones is 2. The van der Waals surface area contributed by atoms with Gasteiger partial charge in [-0.3, -0.25) is 9.59 Å². The number of hydrogen-bond acceptors (Lipinski definition) is 6. The van der Waals surface area contributed by atoms with Crippen molar-refractivity contribution in [3.05, 3.63) is 70.8 Å². The van der Waals surface area contributed by atoms with Gasteiger partial charge in [0, 0.05) is 35.1 Å². The number of quaternary nitrogens is 1. The lowest BCUT2D eigenvalue weighted by atomic mass is 10.0. The van der Waals surface area contributed by atoms with Crippen molar-refractivity contribution in [3.63, 3.8) is 0 Å². The first-order chi connectivity index (χ1) is 18.3. The molecule has 0 saturated carbocycles. The number of carbonyl (C=O) groups is 4. The number of aromatic carboxylic acids is 2. The van der Waals surface area contributed by atoms with E-state index in [1.165, 1.54) is 18.2 Å². The molecular weight excluding hydrogens is 508 g/mol. The third-order valence-corrected chi connectivity index (χ3v) is 4.42. The van der Waals surface area contributed by atoms with Crippen LogP contribution >= 0.6 is 0 Å². The largest absolute Gasteiger partial charge is 0.545 e. The zero-order valence-electron chi connectivity index (χ0n) is 25.6. The molecule has 0 aliphatic rings. The molecule has 0 aliphatic heterocycles. The Labute approximate surface area is 240 Å². The van der Waals surface area contributed by atoms with Crippen LogP contribution in [0.25, 0.3) is 0 Å². The van der Waals surface area contributed by atoms with Crippen molar-refractivity contribution in [2.45, 2.75) is 105 Å². The molecule has 0 atom stereocenters. The third-order valence-electron chi connectivity index (χ3n) is 4.42. The molecule has 0 amide bonds. The monoisotopic (exact) mass is 558 g/mol. The number of carboxylic acids is 2. The van der Waals surface area contributed by atoms with Gasteiger partial charge in [-0.2, -0.15) is 0 Å². The number of benzene rings is 2. The lowest BCUT2D eigenvalue weighted by Crippen LogP contribution is -2.67. The highest BCUT2D eigenvalue weighted by molar-refractivity contribution is 6.06. The topological polar surface area (TPSA) is 165 Å². The van der Waals surface area contributed by atoms with Crippen LogP contribution in [-0.2, 0) is 0 Å². The molecule has 0 heterocycles. The summed E-state index contributed by atoms with van der Waals surface area (Å²) in [5, 5.41) is 19.6. The molecule has 2 aromatic rings. The second-order valence-electron chi connectivity index (χ2n) is 11.7. The molecule has 0 saturated heterocycles. The summed E-state index contributed by atoms with van der Waals surface area (Å²) in [6.45, 7) is 16.1. The van der Waals surface area contributed by atoms with Crippen LogP contribution in [0.4, 0.5) is 0 Å². The van der Waals surface area contributed by atoms with Crippen LogP contribution < -0.4 is 16.6 Å². The van der Waals surface area contributed by atoms with Gasteiger partial charge in [-0.15, -0.1) is 0 Å². The van der Waals surface area contributed by atoms with Crippen molar-refractivity contribution < 1.29 is 35.1 Å². The molecule has 0 radical (unpaired) electrons. The Kier molecular flexibility index (Phi) is 19.1. The van der Waals surface area contributed by atoms with E-state index in [4.69, 9.17) is 10.8 Å². The maximum atomic E-state index is 11.7. The van der Waals surface area contributed by atoms with E-state index in [2.05, 4.69) is 26.5 Å². The SMILES string of the molecule is CC(C)(C)N.CC(C)(C)[NH3+].CCCCC(=O)c1ccccc1C(=O)O.CCCCC(=O)c1ccccc1C(=O)[O-]. The zero-order valence-corrected chi connectivity index (χ0v) is 25.6. The number of Topliss-reactive ketones (excluding diaryl/α,β-unsaturated/α-hetero) is 2. The van der Waals surface area contributed by atoms with Crippen molar-refractivity contribution in [1.29, 1.82) is 0 Å². The van der Waals surface area contributed by atoms with Crippen LogP contribution in [0.3, 0.4) is 0 Å². The molecule has 2 aromatic carbocycles. The lowest BCUT2D eigenvalue weighted by Gasteiger charge is -2.08. The van der Waals surface area contributed by atoms with E-state index in [1.807, 2.05) is 34.6 Å². The predicted octanol–water partition coefficient (Wildman–Crippen LogP) is 4.95. The molecule has 6 N–H and O–H groups in total. The first kappa shape index (κ1) is 38.8. The van der Waals surface area contributed by atoms with E-state index in [9.17, 15) is 24.3 Å². The smallest absolute Gasteiger partial charge is 0.336 e. The van der Waals surface area contributed by atoms with Gasteiger partial charge in [0.2, 0.25) is 0 Å². The highest BCUT2D eigenvalue weighted by Gasteiger charge is 2.14. The Bertz CT molecular complexity index is 968. The Morgan fingerprint density at radius 3 is 1.27 bits per heavy atom. The standard InChI is InChI=1S/2C12H14O3.2C4H11N/c2*1-2-3-8-11(13)9-6-4-5-7-10(9)12(14)15;2*1-4(2,3)5/h2*4-7H,2-3,8H2,1H3,(H,14,15);2*5H2,1-3H3. The number of carbonyl (C=O) groups excluding carboxylic acids is 3. The van der Waals surface area contributed by atoms with Crippen LogP contribution in [0.15, 0.2) is 48.5 Å². The van der Waals surface area contributed by atoms with Gasteiger partial charge in [-0.1, -0.05) is 69.2 Å². The van der Waals surface area contributed by atoms with Gasteiger partial charge in [0.1, 0.15) is 0 Å². The van der Waals surface area contributed by atoms with Crippen LogP contribution in [-0.4, -0.2) is 39.7 Å². The molecular formula is C32H50N2O6. The molecule has 0 spiro atoms. The van der Waals surface area contributed by atoms with E-state index < -0.39 is 11.9 Å². The molecule has 0 bridgehead atoms. The summed E-state index contributed by atoms with van der Waals surface area (Å²) in [6, 6.07) is 12.5. The van der Waals surface area contributed by atoms with Gasteiger partial charge in [-0.25, -0.2) is 4.79 Å². The minimum atomic E-state index is -1.30. The van der Waals surface area contributed by atoms with Gasteiger partial charge < -0.3 is 26.5 Å². The molecule has 224 valence electrons. The maximum absolute atomic E-state index is 11.7. The summed E-state index contributed by atoms with van der Waals surface area (Å²) in [5.41, 5.74) is 10.0. The molecule has 2 rings (SSSR count). The normalized spacial score (nSPS) is 10.4. The summed E-state index contributed by atoms with van der Waals surface area (Å²) in [7, 11) is 0. The Balaban J connectivity index is 0. The number of rotatable bonds is 10. The number of unbranched alkanes of at least 4 members (excludes halogenated alkanes) is 2.